The number of nitrogens with zero attached hydrogens (tertiary/aromatic N) is 7. The van der Waals surface area contributed by atoms with Crippen LogP contribution >= 0.6 is 0 Å². The van der Waals surface area contributed by atoms with Crippen molar-refractivity contribution in [3.05, 3.63) is 71.5 Å². The Bertz CT molecular complexity index is 1550. The first-order chi connectivity index (χ1) is 18.0. The quantitative estimate of drug-likeness (QED) is 0.286. The molecule has 0 spiro atoms. The third-order valence-corrected chi connectivity index (χ3v) is 6.28. The SMILES string of the molecule is CCN(CC)C(=O)Cc1c(-c2ccc(OCOn3nnc4ccccc43)cc2)nn2c(C)cc(C)nc12. The number of ether oxygens (including phenoxy) is 1. The summed E-state index contributed by atoms with van der Waals surface area (Å²) in [6.45, 7) is 9.20. The Morgan fingerprint density at radius 1 is 1.03 bits per heavy atom. The van der Waals surface area contributed by atoms with Gasteiger partial charge in [-0.15, -0.1) is 5.10 Å². The average Bonchev–Trinajstić information content (AvgIpc) is 3.47. The molecule has 190 valence electrons. The molecule has 10 heteroatoms. The van der Waals surface area contributed by atoms with Crippen LogP contribution in [0.5, 0.6) is 5.75 Å². The summed E-state index contributed by atoms with van der Waals surface area (Å²) in [5.41, 5.74) is 6.49. The normalized spacial score (nSPS) is 11.2. The summed E-state index contributed by atoms with van der Waals surface area (Å²) < 4.78 is 7.57. The van der Waals surface area contributed by atoms with E-state index in [1.165, 1.54) is 4.85 Å². The number of carbonyl (C=O) groups is 1. The molecule has 1 amide bonds. The minimum atomic E-state index is -0.0346. The molecular weight excluding hydrogens is 470 g/mol. The number of para-hydroxylation sites is 1. The second kappa shape index (κ2) is 10.3. The molecule has 37 heavy (non-hydrogen) atoms. The second-order valence-electron chi connectivity index (χ2n) is 8.71. The fourth-order valence-corrected chi connectivity index (χ4v) is 4.40. The van der Waals surface area contributed by atoms with Gasteiger partial charge in [0.1, 0.15) is 16.8 Å². The highest BCUT2D eigenvalue weighted by Crippen LogP contribution is 2.29. The van der Waals surface area contributed by atoms with Crippen molar-refractivity contribution < 1.29 is 14.4 Å². The van der Waals surface area contributed by atoms with Gasteiger partial charge in [0.05, 0.1) is 12.1 Å². The summed E-state index contributed by atoms with van der Waals surface area (Å²) >= 11 is 0. The van der Waals surface area contributed by atoms with Gasteiger partial charge in [-0.1, -0.05) is 17.0 Å². The molecule has 5 rings (SSSR count). The van der Waals surface area contributed by atoms with Crippen molar-refractivity contribution in [3.63, 3.8) is 0 Å². The number of hydrogen-bond donors (Lipinski definition) is 0. The summed E-state index contributed by atoms with van der Waals surface area (Å²) in [4.78, 5) is 26.5. The van der Waals surface area contributed by atoms with E-state index in [-0.39, 0.29) is 19.1 Å². The molecule has 0 aliphatic heterocycles. The summed E-state index contributed by atoms with van der Waals surface area (Å²) in [5.74, 6) is 0.683. The van der Waals surface area contributed by atoms with Crippen molar-refractivity contribution in [2.45, 2.75) is 34.1 Å². The van der Waals surface area contributed by atoms with Gasteiger partial charge in [0, 0.05) is 35.6 Å². The first-order valence-corrected chi connectivity index (χ1v) is 12.3. The Balaban J connectivity index is 1.38. The Morgan fingerprint density at radius 3 is 2.54 bits per heavy atom. The lowest BCUT2D eigenvalue weighted by Gasteiger charge is -2.18. The molecule has 10 nitrogen and oxygen atoms in total. The van der Waals surface area contributed by atoms with Crippen molar-refractivity contribution in [2.24, 2.45) is 0 Å². The van der Waals surface area contributed by atoms with E-state index in [1.54, 1.807) is 0 Å². The number of carbonyl (C=O) groups excluding carboxylic acids is 1. The molecule has 0 radical (unpaired) electrons. The van der Waals surface area contributed by atoms with Crippen LogP contribution in [0.15, 0.2) is 54.6 Å². The average molecular weight is 500 g/mol. The molecule has 0 N–H and O–H groups in total. The standard InChI is InChI=1S/C27H29N7O3/c1-5-32(6-2)25(35)16-22-26(30-33-19(4)15-18(3)28-27(22)33)20-11-13-21(14-12-20)36-17-37-34-24-10-8-7-9-23(24)29-31-34/h7-15H,5-6,16-17H2,1-4H3. The van der Waals surface area contributed by atoms with Crippen LogP contribution in [-0.2, 0) is 11.2 Å². The van der Waals surface area contributed by atoms with Crippen LogP contribution in [-0.4, -0.2) is 60.4 Å². The topological polar surface area (TPSA) is 99.7 Å². The second-order valence-corrected chi connectivity index (χ2v) is 8.71. The Kier molecular flexibility index (Phi) is 6.72. The maximum Gasteiger partial charge on any atom is 0.255 e. The van der Waals surface area contributed by atoms with E-state index in [4.69, 9.17) is 19.7 Å². The van der Waals surface area contributed by atoms with Gasteiger partial charge in [-0.3, -0.25) is 4.79 Å². The number of benzene rings is 2. The summed E-state index contributed by atoms with van der Waals surface area (Å²) in [6.07, 6.45) is 0.231. The number of aromatic nitrogens is 6. The van der Waals surface area contributed by atoms with Crippen LogP contribution in [0.2, 0.25) is 0 Å². The van der Waals surface area contributed by atoms with Gasteiger partial charge in [-0.05, 0) is 75.4 Å². The molecule has 0 aliphatic rings. The molecule has 3 aromatic heterocycles. The van der Waals surface area contributed by atoms with E-state index in [1.807, 2.05) is 91.7 Å². The molecule has 0 bridgehead atoms. The van der Waals surface area contributed by atoms with Crippen molar-refractivity contribution in [1.29, 1.82) is 0 Å². The first-order valence-electron chi connectivity index (χ1n) is 12.3. The van der Waals surface area contributed by atoms with E-state index in [2.05, 4.69) is 10.3 Å². The summed E-state index contributed by atoms with van der Waals surface area (Å²) in [6, 6.07) is 17.1. The minimum Gasteiger partial charge on any atom is -0.455 e. The lowest BCUT2D eigenvalue weighted by atomic mass is 10.0. The van der Waals surface area contributed by atoms with Crippen molar-refractivity contribution in [1.82, 2.24) is 34.7 Å². The Morgan fingerprint density at radius 2 is 1.78 bits per heavy atom. The van der Waals surface area contributed by atoms with Gasteiger partial charge in [0.2, 0.25) is 5.91 Å². The minimum absolute atomic E-state index is 0.0346. The Hall–Kier alpha value is -4.47. The molecule has 0 saturated carbocycles. The fourth-order valence-electron chi connectivity index (χ4n) is 4.40. The van der Waals surface area contributed by atoms with Gasteiger partial charge in [-0.25, -0.2) is 9.50 Å². The number of fused-ring (bicyclic) bond motifs is 2. The van der Waals surface area contributed by atoms with E-state index in [0.717, 1.165) is 39.2 Å². The predicted molar refractivity (Wildman–Crippen MR) is 139 cm³/mol. The van der Waals surface area contributed by atoms with Crippen molar-refractivity contribution >= 4 is 22.6 Å². The molecule has 2 aromatic carbocycles. The van der Waals surface area contributed by atoms with Crippen LogP contribution in [0.1, 0.15) is 30.8 Å². The molecule has 0 aliphatic carbocycles. The maximum atomic E-state index is 13.0. The highest BCUT2D eigenvalue weighted by atomic mass is 16.8. The van der Waals surface area contributed by atoms with Gasteiger partial charge >= 0.3 is 0 Å². The number of hydrogen-bond acceptors (Lipinski definition) is 7. The maximum absolute atomic E-state index is 13.0. The summed E-state index contributed by atoms with van der Waals surface area (Å²) in [7, 11) is 0. The first kappa shape index (κ1) is 24.2. The van der Waals surface area contributed by atoms with Gasteiger partial charge in [-0.2, -0.15) is 5.10 Å². The molecule has 0 unspecified atom stereocenters. The van der Waals surface area contributed by atoms with Crippen LogP contribution < -0.4 is 9.57 Å². The molecule has 0 atom stereocenters. The highest BCUT2D eigenvalue weighted by Gasteiger charge is 2.22. The molecular formula is C27H29N7O3. The van der Waals surface area contributed by atoms with E-state index < -0.39 is 0 Å². The zero-order valence-electron chi connectivity index (χ0n) is 21.4. The van der Waals surface area contributed by atoms with Crippen LogP contribution in [0, 0.1) is 13.8 Å². The van der Waals surface area contributed by atoms with Crippen molar-refractivity contribution in [2.75, 3.05) is 19.9 Å². The zero-order valence-corrected chi connectivity index (χ0v) is 21.4. The lowest BCUT2D eigenvalue weighted by Crippen LogP contribution is -2.31. The van der Waals surface area contributed by atoms with Gasteiger partial charge in [0.15, 0.2) is 5.65 Å². The largest absolute Gasteiger partial charge is 0.455 e. The summed E-state index contributed by atoms with van der Waals surface area (Å²) in [5, 5.41) is 12.9. The number of aryl methyl sites for hydroxylation is 2. The number of likely N-dealkylation sites (N-methyl/N-ethyl adjacent to an activating group) is 1. The van der Waals surface area contributed by atoms with Crippen molar-refractivity contribution in [3.8, 4) is 17.0 Å². The van der Waals surface area contributed by atoms with E-state index >= 15 is 0 Å². The number of amides is 1. The van der Waals surface area contributed by atoms with Gasteiger partial charge < -0.3 is 14.5 Å². The number of rotatable bonds is 9. The van der Waals surface area contributed by atoms with Crippen LogP contribution in [0.4, 0.5) is 0 Å². The molecule has 0 saturated heterocycles. The third-order valence-electron chi connectivity index (χ3n) is 6.28. The van der Waals surface area contributed by atoms with Gasteiger partial charge in [0.25, 0.3) is 6.79 Å². The lowest BCUT2D eigenvalue weighted by molar-refractivity contribution is -0.130. The predicted octanol–water partition coefficient (Wildman–Crippen LogP) is 3.63. The Labute approximate surface area is 214 Å². The molecule has 3 heterocycles. The zero-order chi connectivity index (χ0) is 25.9. The van der Waals surface area contributed by atoms with Crippen LogP contribution in [0.25, 0.3) is 27.9 Å². The van der Waals surface area contributed by atoms with E-state index in [0.29, 0.717) is 24.5 Å². The fraction of sp³-hybridized carbons (Fsp3) is 0.296. The highest BCUT2D eigenvalue weighted by molar-refractivity contribution is 5.84. The smallest absolute Gasteiger partial charge is 0.255 e. The van der Waals surface area contributed by atoms with E-state index in [9.17, 15) is 4.79 Å². The monoisotopic (exact) mass is 499 g/mol. The molecule has 0 fully saturated rings. The molecule has 5 aromatic rings. The third kappa shape index (κ3) is 4.82. The van der Waals surface area contributed by atoms with Crippen LogP contribution in [0.3, 0.4) is 0 Å².